The molecule has 3 aliphatic rings. The van der Waals surface area contributed by atoms with E-state index in [4.69, 9.17) is 4.74 Å². The molecule has 30 heavy (non-hydrogen) atoms. The van der Waals surface area contributed by atoms with Crippen molar-refractivity contribution >= 4 is 16.7 Å². The maximum atomic E-state index is 13.5. The average molecular weight is 416 g/mol. The van der Waals surface area contributed by atoms with Gasteiger partial charge in [-0.15, -0.1) is 0 Å². The maximum Gasteiger partial charge on any atom is 0.254 e. The van der Waals surface area contributed by atoms with Crippen molar-refractivity contribution in [2.24, 2.45) is 0 Å². The first-order valence-corrected chi connectivity index (χ1v) is 10.6. The Bertz CT molecular complexity index is 970. The third kappa shape index (κ3) is 3.49. The van der Waals surface area contributed by atoms with Gasteiger partial charge in [0.1, 0.15) is 0 Å². The summed E-state index contributed by atoms with van der Waals surface area (Å²) in [4.78, 5) is 17.1. The van der Waals surface area contributed by atoms with Crippen LogP contribution in [0.25, 0.3) is 10.8 Å². The number of halogens is 2. The van der Waals surface area contributed by atoms with E-state index in [9.17, 15) is 18.7 Å². The maximum absolute atomic E-state index is 13.5. The van der Waals surface area contributed by atoms with Gasteiger partial charge in [0, 0.05) is 51.2 Å². The number of ether oxygens (including phenoxy) is 1. The van der Waals surface area contributed by atoms with E-state index >= 15 is 0 Å². The molecular formula is C23H26F2N2O3. The van der Waals surface area contributed by atoms with Gasteiger partial charge in [-0.25, -0.2) is 8.78 Å². The molecule has 7 heteroatoms. The summed E-state index contributed by atoms with van der Waals surface area (Å²) in [5, 5.41) is 12.5. The van der Waals surface area contributed by atoms with Crippen molar-refractivity contribution in [3.05, 3.63) is 47.0 Å². The number of likely N-dealkylation sites (tertiary alicyclic amines) is 1. The van der Waals surface area contributed by atoms with Gasteiger partial charge in [0.05, 0.1) is 18.8 Å². The summed E-state index contributed by atoms with van der Waals surface area (Å²) in [6, 6.07) is 9.70. The molecule has 2 aromatic rings. The van der Waals surface area contributed by atoms with Crippen LogP contribution in [0.1, 0.15) is 40.7 Å². The number of hydrogen-bond acceptors (Lipinski definition) is 4. The summed E-state index contributed by atoms with van der Waals surface area (Å²) in [5.41, 5.74) is 2.66. The SMILES string of the molecule is O=C1c2cc(CN3CCC(F)(F)CC3)c3ccccc3c2CN1[C@H]1CCOC[C@@H]1O. The average Bonchev–Trinajstić information content (AvgIpc) is 3.07. The molecule has 1 N–H and O–H groups in total. The first-order chi connectivity index (χ1) is 14.4. The highest BCUT2D eigenvalue weighted by atomic mass is 19.3. The van der Waals surface area contributed by atoms with E-state index in [1.54, 1.807) is 4.90 Å². The number of amides is 1. The van der Waals surface area contributed by atoms with Gasteiger partial charge in [-0.05, 0) is 34.4 Å². The monoisotopic (exact) mass is 416 g/mol. The minimum absolute atomic E-state index is 0.0619. The van der Waals surface area contributed by atoms with Crippen molar-refractivity contribution in [2.75, 3.05) is 26.3 Å². The number of hydrogen-bond donors (Lipinski definition) is 1. The number of piperidine rings is 1. The fourth-order valence-electron chi connectivity index (χ4n) is 5.02. The molecule has 5 rings (SSSR count). The van der Waals surface area contributed by atoms with Gasteiger partial charge in [-0.2, -0.15) is 0 Å². The minimum atomic E-state index is -2.57. The summed E-state index contributed by atoms with van der Waals surface area (Å²) in [6.45, 7) is 2.52. The Kier molecular flexibility index (Phi) is 5.00. The normalized spacial score (nSPS) is 26.9. The number of carbonyl (C=O) groups excluding carboxylic acids is 1. The minimum Gasteiger partial charge on any atom is -0.389 e. The van der Waals surface area contributed by atoms with E-state index in [-0.39, 0.29) is 31.4 Å². The van der Waals surface area contributed by atoms with Crippen molar-refractivity contribution in [3.8, 4) is 0 Å². The number of rotatable bonds is 3. The molecule has 3 aliphatic heterocycles. The number of aliphatic hydroxyl groups excluding tert-OH is 1. The summed E-state index contributed by atoms with van der Waals surface area (Å²) in [6.07, 6.45) is -0.306. The summed E-state index contributed by atoms with van der Waals surface area (Å²) in [5.74, 6) is -2.63. The number of fused-ring (bicyclic) bond motifs is 3. The summed E-state index contributed by atoms with van der Waals surface area (Å²) < 4.78 is 32.4. The Morgan fingerprint density at radius 3 is 2.63 bits per heavy atom. The highest BCUT2D eigenvalue weighted by molar-refractivity contribution is 6.05. The fourth-order valence-corrected chi connectivity index (χ4v) is 5.02. The van der Waals surface area contributed by atoms with Crippen LogP contribution >= 0.6 is 0 Å². The van der Waals surface area contributed by atoms with Crippen molar-refractivity contribution in [3.63, 3.8) is 0 Å². The number of aliphatic hydroxyl groups is 1. The first kappa shape index (κ1) is 19.8. The van der Waals surface area contributed by atoms with Crippen LogP contribution in [0.3, 0.4) is 0 Å². The molecule has 160 valence electrons. The molecule has 2 atom stereocenters. The number of carbonyl (C=O) groups is 1. The second-order valence-electron chi connectivity index (χ2n) is 8.67. The van der Waals surface area contributed by atoms with Crippen LogP contribution in [0, 0.1) is 0 Å². The molecule has 2 fully saturated rings. The third-order valence-corrected chi connectivity index (χ3v) is 6.73. The molecule has 0 bridgehead atoms. The lowest BCUT2D eigenvalue weighted by Gasteiger charge is -2.34. The lowest BCUT2D eigenvalue weighted by atomic mass is 9.95. The van der Waals surface area contributed by atoms with Gasteiger partial charge in [0.2, 0.25) is 0 Å². The quantitative estimate of drug-likeness (QED) is 0.835. The van der Waals surface area contributed by atoms with E-state index in [1.165, 1.54) is 0 Å². The Morgan fingerprint density at radius 1 is 1.17 bits per heavy atom. The van der Waals surface area contributed by atoms with Gasteiger partial charge in [0.15, 0.2) is 0 Å². The van der Waals surface area contributed by atoms with E-state index in [1.807, 2.05) is 35.2 Å². The van der Waals surface area contributed by atoms with Crippen molar-refractivity contribution in [1.82, 2.24) is 9.80 Å². The predicted molar refractivity (Wildman–Crippen MR) is 109 cm³/mol. The molecule has 5 nitrogen and oxygen atoms in total. The van der Waals surface area contributed by atoms with Crippen LogP contribution in [0.5, 0.6) is 0 Å². The Balaban J connectivity index is 1.47. The van der Waals surface area contributed by atoms with Gasteiger partial charge in [0.25, 0.3) is 11.8 Å². The van der Waals surface area contributed by atoms with E-state index in [0.29, 0.717) is 44.8 Å². The Hall–Kier alpha value is -2.09. The van der Waals surface area contributed by atoms with Gasteiger partial charge >= 0.3 is 0 Å². The van der Waals surface area contributed by atoms with E-state index in [2.05, 4.69) is 0 Å². The van der Waals surface area contributed by atoms with Crippen molar-refractivity contribution < 1.29 is 23.4 Å². The van der Waals surface area contributed by atoms with Crippen LogP contribution in [-0.4, -0.2) is 65.2 Å². The van der Waals surface area contributed by atoms with Crippen LogP contribution < -0.4 is 0 Å². The highest BCUT2D eigenvalue weighted by Gasteiger charge is 2.39. The van der Waals surface area contributed by atoms with Crippen LogP contribution in [0.4, 0.5) is 8.78 Å². The second kappa shape index (κ2) is 7.55. The fraction of sp³-hybridized carbons (Fsp3) is 0.522. The zero-order valence-electron chi connectivity index (χ0n) is 16.8. The molecule has 0 spiro atoms. The predicted octanol–water partition coefficient (Wildman–Crippen LogP) is 3.18. The molecule has 1 amide bonds. The lowest BCUT2D eigenvalue weighted by Crippen LogP contribution is -2.49. The van der Waals surface area contributed by atoms with Crippen molar-refractivity contribution in [1.29, 1.82) is 0 Å². The highest BCUT2D eigenvalue weighted by Crippen LogP contribution is 2.36. The Labute approximate surface area is 174 Å². The number of benzene rings is 2. The largest absolute Gasteiger partial charge is 0.389 e. The molecule has 0 unspecified atom stereocenters. The molecule has 2 aromatic carbocycles. The number of nitrogens with zero attached hydrogens (tertiary/aromatic N) is 2. The van der Waals surface area contributed by atoms with Crippen LogP contribution in [-0.2, 0) is 17.8 Å². The summed E-state index contributed by atoms with van der Waals surface area (Å²) >= 11 is 0. The zero-order chi connectivity index (χ0) is 20.9. The van der Waals surface area contributed by atoms with Crippen molar-refractivity contribution in [2.45, 2.75) is 50.4 Å². The van der Waals surface area contributed by atoms with Gasteiger partial charge in [-0.1, -0.05) is 24.3 Å². The van der Waals surface area contributed by atoms with E-state index in [0.717, 1.165) is 21.9 Å². The van der Waals surface area contributed by atoms with Crippen LogP contribution in [0.2, 0.25) is 0 Å². The standard InChI is InChI=1S/C23H26F2N2O3/c24-23(25)6-8-26(9-7-23)12-15-11-18-19(17-4-2-1-3-16(15)17)13-27(22(18)29)20-5-10-30-14-21(20)28/h1-4,11,20-21,28H,5-10,12-14H2/t20-,21-/m0/s1. The molecule has 0 aromatic heterocycles. The van der Waals surface area contributed by atoms with Crippen LogP contribution in [0.15, 0.2) is 30.3 Å². The van der Waals surface area contributed by atoms with Gasteiger partial charge < -0.3 is 14.7 Å². The topological polar surface area (TPSA) is 53.0 Å². The molecule has 3 heterocycles. The lowest BCUT2D eigenvalue weighted by molar-refractivity contribution is -0.0571. The molecule has 0 radical (unpaired) electrons. The number of alkyl halides is 2. The summed E-state index contributed by atoms with van der Waals surface area (Å²) in [7, 11) is 0. The van der Waals surface area contributed by atoms with Gasteiger partial charge in [-0.3, -0.25) is 9.69 Å². The molecule has 0 aliphatic carbocycles. The first-order valence-electron chi connectivity index (χ1n) is 10.6. The molecular weight excluding hydrogens is 390 g/mol. The second-order valence-corrected chi connectivity index (χ2v) is 8.67. The smallest absolute Gasteiger partial charge is 0.254 e. The zero-order valence-corrected chi connectivity index (χ0v) is 16.8. The molecule has 2 saturated heterocycles. The molecule has 0 saturated carbocycles. The third-order valence-electron chi connectivity index (χ3n) is 6.73. The Morgan fingerprint density at radius 2 is 1.90 bits per heavy atom. The van der Waals surface area contributed by atoms with E-state index < -0.39 is 12.0 Å².